The summed E-state index contributed by atoms with van der Waals surface area (Å²) < 4.78 is 32.2. The van der Waals surface area contributed by atoms with Crippen LogP contribution in [0, 0.1) is 0 Å². The lowest BCUT2D eigenvalue weighted by Gasteiger charge is -2.19. The van der Waals surface area contributed by atoms with Gasteiger partial charge >= 0.3 is 13.8 Å². The van der Waals surface area contributed by atoms with Crippen LogP contribution in [0.25, 0.3) is 0 Å². The van der Waals surface area contributed by atoms with Crippen molar-refractivity contribution in [2.24, 2.45) is 5.73 Å². The third-order valence-corrected chi connectivity index (χ3v) is 7.16. The zero-order chi connectivity index (χ0) is 28.9. The quantitative estimate of drug-likeness (QED) is 0.0402. The van der Waals surface area contributed by atoms with Gasteiger partial charge in [0.15, 0.2) is 0 Å². The second-order valence-corrected chi connectivity index (χ2v) is 11.4. The van der Waals surface area contributed by atoms with E-state index in [1.807, 2.05) is 0 Å². The SMILES string of the molecule is CCCCC/C=C\C/C=C\CCCCCCCCCCCCOCC(COP(=O)(O)OCCN)OC(=O)CC. The maximum absolute atomic E-state index is 11.8. The molecule has 0 saturated carbocycles. The number of allylic oxidation sites excluding steroid dienone is 4. The molecule has 2 unspecified atom stereocenters. The van der Waals surface area contributed by atoms with Crippen molar-refractivity contribution in [1.29, 1.82) is 0 Å². The first kappa shape index (κ1) is 38.0. The Kier molecular flexibility index (Phi) is 27.8. The molecule has 0 aliphatic heterocycles. The summed E-state index contributed by atoms with van der Waals surface area (Å²) in [6.07, 6.45) is 28.4. The Morgan fingerprint density at radius 3 is 1.90 bits per heavy atom. The molecule has 0 aromatic carbocycles. The van der Waals surface area contributed by atoms with Crippen LogP contribution in [0.4, 0.5) is 0 Å². The van der Waals surface area contributed by atoms with Crippen molar-refractivity contribution in [2.75, 3.05) is 33.0 Å². The molecule has 0 heterocycles. The number of phosphoric ester groups is 1. The Bertz CT molecular complexity index is 657. The normalized spacial score (nSPS) is 14.3. The van der Waals surface area contributed by atoms with Gasteiger partial charge in [-0.2, -0.15) is 0 Å². The van der Waals surface area contributed by atoms with Gasteiger partial charge in [0.05, 0.1) is 19.8 Å². The van der Waals surface area contributed by atoms with Crippen molar-refractivity contribution >= 4 is 13.8 Å². The van der Waals surface area contributed by atoms with Gasteiger partial charge in [0, 0.05) is 19.6 Å². The number of hydrogen-bond donors (Lipinski definition) is 2. The zero-order valence-electron chi connectivity index (χ0n) is 24.9. The first-order valence-electron chi connectivity index (χ1n) is 15.3. The van der Waals surface area contributed by atoms with E-state index < -0.39 is 19.9 Å². The van der Waals surface area contributed by atoms with Gasteiger partial charge in [-0.05, 0) is 38.5 Å². The predicted molar refractivity (Wildman–Crippen MR) is 160 cm³/mol. The van der Waals surface area contributed by atoms with Gasteiger partial charge in [0.1, 0.15) is 6.10 Å². The molecule has 9 heteroatoms. The third-order valence-electron chi connectivity index (χ3n) is 6.18. The highest BCUT2D eigenvalue weighted by Crippen LogP contribution is 2.43. The molecule has 0 aliphatic rings. The van der Waals surface area contributed by atoms with Crippen LogP contribution in [0.15, 0.2) is 24.3 Å². The highest BCUT2D eigenvalue weighted by atomic mass is 31.2. The van der Waals surface area contributed by atoms with Crippen LogP contribution in [0.5, 0.6) is 0 Å². The molecule has 3 N–H and O–H groups in total. The molecule has 0 spiro atoms. The van der Waals surface area contributed by atoms with Crippen LogP contribution >= 0.6 is 7.82 Å². The Morgan fingerprint density at radius 2 is 1.33 bits per heavy atom. The van der Waals surface area contributed by atoms with E-state index in [0.29, 0.717) is 6.61 Å². The summed E-state index contributed by atoms with van der Waals surface area (Å²) in [4.78, 5) is 21.2. The van der Waals surface area contributed by atoms with Crippen LogP contribution in [0.2, 0.25) is 0 Å². The zero-order valence-corrected chi connectivity index (χ0v) is 25.8. The highest BCUT2D eigenvalue weighted by molar-refractivity contribution is 7.47. The maximum atomic E-state index is 11.8. The lowest BCUT2D eigenvalue weighted by Crippen LogP contribution is -2.28. The first-order valence-corrected chi connectivity index (χ1v) is 16.8. The Balaban J connectivity index is 3.64. The average molecular weight is 576 g/mol. The van der Waals surface area contributed by atoms with Gasteiger partial charge in [0.25, 0.3) is 0 Å². The summed E-state index contributed by atoms with van der Waals surface area (Å²) in [6, 6.07) is 0. The van der Waals surface area contributed by atoms with Crippen molar-refractivity contribution in [2.45, 2.75) is 129 Å². The van der Waals surface area contributed by atoms with Crippen LogP contribution in [-0.2, 0) is 27.9 Å². The molecule has 0 bridgehead atoms. The van der Waals surface area contributed by atoms with Crippen molar-refractivity contribution < 1.29 is 32.8 Å². The number of phosphoric acid groups is 1. The number of carbonyl (C=O) groups excluding carboxylic acids is 1. The van der Waals surface area contributed by atoms with Gasteiger partial charge in [-0.15, -0.1) is 0 Å². The number of rotatable bonds is 29. The summed E-state index contributed by atoms with van der Waals surface area (Å²) in [5, 5.41) is 0. The predicted octanol–water partition coefficient (Wildman–Crippen LogP) is 7.79. The monoisotopic (exact) mass is 575 g/mol. The molecule has 8 nitrogen and oxygen atoms in total. The number of esters is 1. The second kappa shape index (κ2) is 28.5. The van der Waals surface area contributed by atoms with E-state index in [9.17, 15) is 14.3 Å². The summed E-state index contributed by atoms with van der Waals surface area (Å²) in [5.74, 6) is -0.420. The largest absolute Gasteiger partial charge is 0.472 e. The van der Waals surface area contributed by atoms with Crippen molar-refractivity contribution in [3.05, 3.63) is 24.3 Å². The minimum atomic E-state index is -4.23. The number of carbonyl (C=O) groups is 1. The lowest BCUT2D eigenvalue weighted by atomic mass is 10.1. The number of hydrogen-bond acceptors (Lipinski definition) is 7. The molecular weight excluding hydrogens is 517 g/mol. The molecule has 0 fully saturated rings. The molecule has 0 aliphatic carbocycles. The van der Waals surface area contributed by atoms with E-state index in [1.54, 1.807) is 6.92 Å². The smallest absolute Gasteiger partial charge is 0.457 e. The van der Waals surface area contributed by atoms with E-state index in [-0.39, 0.29) is 32.8 Å². The summed E-state index contributed by atoms with van der Waals surface area (Å²) in [7, 11) is -4.23. The maximum Gasteiger partial charge on any atom is 0.472 e. The topological polar surface area (TPSA) is 117 Å². The lowest BCUT2D eigenvalue weighted by molar-refractivity contribution is -0.154. The van der Waals surface area contributed by atoms with Crippen molar-refractivity contribution in [1.82, 2.24) is 0 Å². The average Bonchev–Trinajstić information content (AvgIpc) is 2.93. The Hall–Kier alpha value is -1.02. The summed E-state index contributed by atoms with van der Waals surface area (Å²) >= 11 is 0. The molecule has 2 atom stereocenters. The molecule has 0 amide bonds. The van der Waals surface area contributed by atoms with Gasteiger partial charge < -0.3 is 20.1 Å². The van der Waals surface area contributed by atoms with E-state index in [4.69, 9.17) is 24.3 Å². The van der Waals surface area contributed by atoms with E-state index in [0.717, 1.165) is 19.3 Å². The van der Waals surface area contributed by atoms with Gasteiger partial charge in [0.2, 0.25) is 0 Å². The van der Waals surface area contributed by atoms with Crippen LogP contribution < -0.4 is 5.73 Å². The molecule has 0 saturated heterocycles. The summed E-state index contributed by atoms with van der Waals surface area (Å²) in [5.41, 5.74) is 5.26. The standard InChI is InChI=1S/C30H58NO7P/c1-3-5-6-7-8-9-10-11-12-13-14-15-16-17-18-19-20-21-22-23-25-35-27-29(38-30(32)4-2)28-37-39(33,34)36-26-24-31/h8-9,11-12,29H,3-7,10,13-28,31H2,1-2H3,(H,33,34)/b9-8-,12-11-. The Labute approximate surface area is 238 Å². The minimum Gasteiger partial charge on any atom is -0.457 e. The summed E-state index contributed by atoms with van der Waals surface area (Å²) in [6.45, 7) is 4.29. The van der Waals surface area contributed by atoms with E-state index >= 15 is 0 Å². The fourth-order valence-corrected chi connectivity index (χ4v) is 4.65. The van der Waals surface area contributed by atoms with Gasteiger partial charge in [-0.3, -0.25) is 13.8 Å². The van der Waals surface area contributed by atoms with Crippen LogP contribution in [0.3, 0.4) is 0 Å². The van der Waals surface area contributed by atoms with E-state index in [1.165, 1.54) is 83.5 Å². The van der Waals surface area contributed by atoms with Gasteiger partial charge in [-0.1, -0.05) is 102 Å². The molecule has 0 aromatic rings. The number of unbranched alkanes of at least 4 members (excludes halogenated alkanes) is 13. The molecule has 0 radical (unpaired) electrons. The molecule has 39 heavy (non-hydrogen) atoms. The highest BCUT2D eigenvalue weighted by Gasteiger charge is 2.24. The van der Waals surface area contributed by atoms with E-state index in [2.05, 4.69) is 31.2 Å². The molecular formula is C30H58NO7P. The number of nitrogens with two attached hydrogens (primary N) is 1. The van der Waals surface area contributed by atoms with Crippen LogP contribution in [0.1, 0.15) is 123 Å². The van der Waals surface area contributed by atoms with Gasteiger partial charge in [-0.25, -0.2) is 4.57 Å². The molecule has 230 valence electrons. The Morgan fingerprint density at radius 1 is 0.769 bits per heavy atom. The fourth-order valence-electron chi connectivity index (χ4n) is 3.88. The van der Waals surface area contributed by atoms with Crippen molar-refractivity contribution in [3.63, 3.8) is 0 Å². The fraction of sp³-hybridized carbons (Fsp3) is 0.833. The second-order valence-electron chi connectivity index (χ2n) is 9.93. The third kappa shape index (κ3) is 28.3. The van der Waals surface area contributed by atoms with Crippen molar-refractivity contribution in [3.8, 4) is 0 Å². The molecule has 0 aromatic heterocycles. The van der Waals surface area contributed by atoms with Crippen LogP contribution in [-0.4, -0.2) is 49.9 Å². The number of ether oxygens (including phenoxy) is 2. The first-order chi connectivity index (χ1) is 18.9. The minimum absolute atomic E-state index is 0.0979. The molecule has 0 rings (SSSR count).